The van der Waals surface area contributed by atoms with Gasteiger partial charge in [-0.15, -0.1) is 11.3 Å². The Morgan fingerprint density at radius 1 is 1.13 bits per heavy atom. The Bertz CT molecular complexity index is 1130. The molecule has 3 aromatic rings. The predicted molar refractivity (Wildman–Crippen MR) is 121 cm³/mol. The molecule has 1 aromatic heterocycles. The van der Waals surface area contributed by atoms with Crippen LogP contribution in [0.25, 0.3) is 17.3 Å². The second kappa shape index (κ2) is 9.69. The average molecular weight is 443 g/mol. The molecule has 0 saturated carbocycles. The first-order valence-corrected chi connectivity index (χ1v) is 11.9. The number of aromatic nitrogens is 1. The van der Waals surface area contributed by atoms with Gasteiger partial charge in [-0.25, -0.2) is 13.4 Å². The predicted octanol–water partition coefficient (Wildman–Crippen LogP) is 4.65. The van der Waals surface area contributed by atoms with E-state index in [0.717, 1.165) is 22.6 Å². The zero-order valence-electron chi connectivity index (χ0n) is 16.7. The number of carbonyl (C=O) groups excluding carboxylic acids is 1. The topological polar surface area (TPSA) is 85.4 Å². The van der Waals surface area contributed by atoms with Crippen LogP contribution in [0.15, 0.2) is 64.9 Å². The van der Waals surface area contributed by atoms with Crippen LogP contribution in [-0.4, -0.2) is 32.2 Å². The summed E-state index contributed by atoms with van der Waals surface area (Å²) >= 11 is 1.34. The third-order valence-electron chi connectivity index (χ3n) is 4.26. The van der Waals surface area contributed by atoms with Crippen molar-refractivity contribution in [2.75, 3.05) is 18.2 Å². The number of carbonyl (C=O) groups is 1. The number of anilines is 1. The third-order valence-corrected chi connectivity index (χ3v) is 6.95. The van der Waals surface area contributed by atoms with Gasteiger partial charge in [0.25, 0.3) is 0 Å². The van der Waals surface area contributed by atoms with Crippen LogP contribution in [-0.2, 0) is 14.6 Å². The fraction of sp³-hybridized carbons (Fsp3) is 0.182. The number of ether oxygens (including phenoxy) is 1. The van der Waals surface area contributed by atoms with E-state index in [1.807, 2.05) is 36.6 Å². The Kier molecular flexibility index (Phi) is 7.02. The van der Waals surface area contributed by atoms with Gasteiger partial charge in [-0.3, -0.25) is 10.1 Å². The molecular formula is C22H22N2O4S2. The van der Waals surface area contributed by atoms with Crippen molar-refractivity contribution in [2.24, 2.45) is 0 Å². The molecule has 0 fully saturated rings. The molecule has 0 bridgehead atoms. The number of nitrogens with one attached hydrogen (secondary N) is 1. The van der Waals surface area contributed by atoms with E-state index in [2.05, 4.69) is 10.3 Å². The number of sulfone groups is 1. The monoisotopic (exact) mass is 442 g/mol. The van der Waals surface area contributed by atoms with Gasteiger partial charge >= 0.3 is 0 Å². The summed E-state index contributed by atoms with van der Waals surface area (Å²) in [5.74, 6) is 0.577. The molecule has 0 aliphatic heterocycles. The summed E-state index contributed by atoms with van der Waals surface area (Å²) < 4.78 is 29.3. The molecule has 0 aliphatic rings. The first-order valence-electron chi connectivity index (χ1n) is 9.33. The molecule has 0 spiro atoms. The lowest BCUT2D eigenvalue weighted by Crippen LogP contribution is -2.07. The van der Waals surface area contributed by atoms with Gasteiger partial charge in [-0.2, -0.15) is 0 Å². The molecule has 6 nitrogen and oxygen atoms in total. The first-order chi connectivity index (χ1) is 14.4. The minimum absolute atomic E-state index is 0.122. The van der Waals surface area contributed by atoms with Crippen molar-refractivity contribution >= 4 is 38.3 Å². The van der Waals surface area contributed by atoms with Gasteiger partial charge in [-0.1, -0.05) is 19.1 Å². The molecule has 1 heterocycles. The summed E-state index contributed by atoms with van der Waals surface area (Å²) in [4.78, 5) is 16.9. The standard InChI is InChI=1S/C22H22N2O4S2/c1-3-14-30(26,27)19-11-4-16(5-12-19)6-13-21(25)24-22-23-20(15-29-22)17-7-9-18(28-2)10-8-17/h4-13,15H,3,14H2,1-2H3,(H,23,24,25)/b13-6+. The molecule has 156 valence electrons. The highest BCUT2D eigenvalue weighted by molar-refractivity contribution is 7.91. The van der Waals surface area contributed by atoms with Gasteiger partial charge in [0.2, 0.25) is 5.91 Å². The van der Waals surface area contributed by atoms with E-state index in [-0.39, 0.29) is 11.7 Å². The molecule has 1 N–H and O–H groups in total. The minimum atomic E-state index is -3.24. The molecule has 8 heteroatoms. The molecular weight excluding hydrogens is 420 g/mol. The molecule has 0 unspecified atom stereocenters. The van der Waals surface area contributed by atoms with Crippen LogP contribution in [0.2, 0.25) is 0 Å². The summed E-state index contributed by atoms with van der Waals surface area (Å²) in [5.41, 5.74) is 2.44. The number of nitrogens with zero attached hydrogens (tertiary/aromatic N) is 1. The van der Waals surface area contributed by atoms with Crippen molar-refractivity contribution in [2.45, 2.75) is 18.2 Å². The molecule has 30 heavy (non-hydrogen) atoms. The van der Waals surface area contributed by atoms with Crippen LogP contribution in [0.1, 0.15) is 18.9 Å². The van der Waals surface area contributed by atoms with Gasteiger partial charge in [0.1, 0.15) is 5.75 Å². The summed E-state index contributed by atoms with van der Waals surface area (Å²) in [6.45, 7) is 1.83. The average Bonchev–Trinajstić information content (AvgIpc) is 3.21. The van der Waals surface area contributed by atoms with E-state index in [0.29, 0.717) is 16.4 Å². The van der Waals surface area contributed by atoms with E-state index in [1.165, 1.54) is 17.4 Å². The Morgan fingerprint density at radius 3 is 2.47 bits per heavy atom. The van der Waals surface area contributed by atoms with Gasteiger partial charge in [-0.05, 0) is 54.5 Å². The van der Waals surface area contributed by atoms with E-state index < -0.39 is 9.84 Å². The Balaban J connectivity index is 1.61. The van der Waals surface area contributed by atoms with Gasteiger partial charge in [0.15, 0.2) is 15.0 Å². The Morgan fingerprint density at radius 2 is 1.83 bits per heavy atom. The number of rotatable bonds is 8. The van der Waals surface area contributed by atoms with Crippen LogP contribution < -0.4 is 10.1 Å². The lowest BCUT2D eigenvalue weighted by atomic mass is 10.2. The van der Waals surface area contributed by atoms with Crippen LogP contribution in [0.3, 0.4) is 0 Å². The van der Waals surface area contributed by atoms with Crippen LogP contribution >= 0.6 is 11.3 Å². The number of thiazole rings is 1. The van der Waals surface area contributed by atoms with Crippen LogP contribution in [0.5, 0.6) is 5.75 Å². The minimum Gasteiger partial charge on any atom is -0.497 e. The van der Waals surface area contributed by atoms with Gasteiger partial charge in [0, 0.05) is 17.0 Å². The Hall–Kier alpha value is -2.97. The maximum Gasteiger partial charge on any atom is 0.250 e. The molecule has 0 atom stereocenters. The third kappa shape index (κ3) is 5.55. The zero-order valence-corrected chi connectivity index (χ0v) is 18.3. The van der Waals surface area contributed by atoms with Crippen molar-refractivity contribution in [1.82, 2.24) is 4.98 Å². The van der Waals surface area contributed by atoms with Crippen molar-refractivity contribution in [3.05, 3.63) is 65.6 Å². The molecule has 0 aliphatic carbocycles. The summed E-state index contributed by atoms with van der Waals surface area (Å²) in [7, 11) is -1.63. The normalized spacial score (nSPS) is 11.5. The SMILES string of the molecule is CCCS(=O)(=O)c1ccc(/C=C/C(=O)Nc2nc(-c3ccc(OC)cc3)cs2)cc1. The van der Waals surface area contributed by atoms with E-state index in [1.54, 1.807) is 37.5 Å². The highest BCUT2D eigenvalue weighted by Gasteiger charge is 2.12. The molecule has 0 saturated heterocycles. The van der Waals surface area contributed by atoms with Gasteiger partial charge in [0.05, 0.1) is 23.5 Å². The smallest absolute Gasteiger partial charge is 0.250 e. The van der Waals surface area contributed by atoms with Crippen LogP contribution in [0.4, 0.5) is 5.13 Å². The van der Waals surface area contributed by atoms with Crippen molar-refractivity contribution in [3.63, 3.8) is 0 Å². The lowest BCUT2D eigenvalue weighted by molar-refractivity contribution is -0.111. The number of methoxy groups -OCH3 is 1. The zero-order chi connectivity index (χ0) is 21.6. The van der Waals surface area contributed by atoms with Crippen molar-refractivity contribution in [1.29, 1.82) is 0 Å². The summed E-state index contributed by atoms with van der Waals surface area (Å²) in [5, 5.41) is 5.11. The second-order valence-corrected chi connectivity index (χ2v) is 9.44. The molecule has 3 rings (SSSR count). The Labute approximate surface area is 180 Å². The van der Waals surface area contributed by atoms with Crippen molar-refractivity contribution < 1.29 is 17.9 Å². The fourth-order valence-electron chi connectivity index (χ4n) is 2.72. The van der Waals surface area contributed by atoms with Crippen LogP contribution in [0, 0.1) is 0 Å². The second-order valence-electron chi connectivity index (χ2n) is 6.48. The summed E-state index contributed by atoms with van der Waals surface area (Å²) in [6, 6.07) is 14.0. The highest BCUT2D eigenvalue weighted by atomic mass is 32.2. The highest BCUT2D eigenvalue weighted by Crippen LogP contribution is 2.26. The van der Waals surface area contributed by atoms with E-state index >= 15 is 0 Å². The first kappa shape index (κ1) is 21.7. The molecule has 1 amide bonds. The molecule has 2 aromatic carbocycles. The number of benzene rings is 2. The fourth-order valence-corrected chi connectivity index (χ4v) is 4.76. The largest absolute Gasteiger partial charge is 0.497 e. The number of amides is 1. The maximum absolute atomic E-state index is 12.2. The van der Waals surface area contributed by atoms with E-state index in [4.69, 9.17) is 4.74 Å². The quantitative estimate of drug-likeness (QED) is 0.513. The number of hydrogen-bond acceptors (Lipinski definition) is 6. The van der Waals surface area contributed by atoms with E-state index in [9.17, 15) is 13.2 Å². The molecule has 0 radical (unpaired) electrons. The number of hydrogen-bond donors (Lipinski definition) is 1. The maximum atomic E-state index is 12.2. The summed E-state index contributed by atoms with van der Waals surface area (Å²) in [6.07, 6.45) is 3.59. The van der Waals surface area contributed by atoms with Crippen molar-refractivity contribution in [3.8, 4) is 17.0 Å². The lowest BCUT2D eigenvalue weighted by Gasteiger charge is -2.03. The van der Waals surface area contributed by atoms with Gasteiger partial charge < -0.3 is 4.74 Å².